The van der Waals surface area contributed by atoms with Crippen LogP contribution in [0, 0.1) is 5.92 Å². The maximum Gasteiger partial charge on any atom is 0.0409 e. The van der Waals surface area contributed by atoms with Crippen LogP contribution in [0.5, 0.6) is 0 Å². The van der Waals surface area contributed by atoms with E-state index >= 15 is 0 Å². The summed E-state index contributed by atoms with van der Waals surface area (Å²) in [7, 11) is 0. The summed E-state index contributed by atoms with van der Waals surface area (Å²) in [5.74, 6) is 0.695. The Labute approximate surface area is 103 Å². The fourth-order valence-electron chi connectivity index (χ4n) is 1.94. The molecule has 1 aromatic carbocycles. The molecule has 0 aromatic heterocycles. The summed E-state index contributed by atoms with van der Waals surface area (Å²) in [5.41, 5.74) is 2.81. The van der Waals surface area contributed by atoms with Crippen LogP contribution in [0.3, 0.4) is 0 Å². The van der Waals surface area contributed by atoms with Gasteiger partial charge in [-0.25, -0.2) is 0 Å². The largest absolute Gasteiger partial charge is 0.310 e. The molecule has 16 heavy (non-hydrogen) atoms. The van der Waals surface area contributed by atoms with Gasteiger partial charge in [-0.05, 0) is 48.4 Å². The number of halogens is 1. The average Bonchev–Trinajstić information content (AvgIpc) is 3.01. The molecule has 0 radical (unpaired) electrons. The summed E-state index contributed by atoms with van der Waals surface area (Å²) in [6.45, 7) is 5.48. The van der Waals surface area contributed by atoms with Crippen LogP contribution < -0.4 is 5.32 Å². The summed E-state index contributed by atoms with van der Waals surface area (Å²) >= 11 is 6.06. The summed E-state index contributed by atoms with van der Waals surface area (Å²) < 4.78 is 0. The van der Waals surface area contributed by atoms with Crippen molar-refractivity contribution in [2.24, 2.45) is 5.92 Å². The van der Waals surface area contributed by atoms with E-state index in [1.54, 1.807) is 0 Å². The van der Waals surface area contributed by atoms with Crippen molar-refractivity contribution < 1.29 is 0 Å². The van der Waals surface area contributed by atoms with Crippen LogP contribution in [-0.4, -0.2) is 6.04 Å². The first-order valence-corrected chi connectivity index (χ1v) is 6.53. The third-order valence-electron chi connectivity index (χ3n) is 2.96. The first-order chi connectivity index (χ1) is 7.65. The lowest BCUT2D eigenvalue weighted by Gasteiger charge is -2.12. The first kappa shape index (κ1) is 11.9. The van der Waals surface area contributed by atoms with E-state index in [9.17, 15) is 0 Å². The second kappa shape index (κ2) is 5.20. The molecule has 1 nitrogen and oxygen atoms in total. The molecule has 0 saturated heterocycles. The molecule has 1 saturated carbocycles. The minimum atomic E-state index is 0.695. The molecule has 0 amide bonds. The number of benzene rings is 1. The highest BCUT2D eigenvalue weighted by Gasteiger charge is 2.20. The van der Waals surface area contributed by atoms with Crippen molar-refractivity contribution in [1.82, 2.24) is 5.32 Å². The summed E-state index contributed by atoms with van der Waals surface area (Å²) in [5, 5.41) is 4.40. The van der Waals surface area contributed by atoms with Gasteiger partial charge in [0.25, 0.3) is 0 Å². The van der Waals surface area contributed by atoms with Crippen molar-refractivity contribution in [1.29, 1.82) is 0 Å². The van der Waals surface area contributed by atoms with Crippen molar-refractivity contribution in [3.05, 3.63) is 34.3 Å². The van der Waals surface area contributed by atoms with Crippen molar-refractivity contribution in [2.75, 3.05) is 0 Å². The van der Waals surface area contributed by atoms with Gasteiger partial charge in [0, 0.05) is 17.6 Å². The maximum atomic E-state index is 6.06. The molecule has 1 fully saturated rings. The molecule has 2 rings (SSSR count). The second-order valence-electron chi connectivity index (χ2n) is 5.17. The van der Waals surface area contributed by atoms with Crippen LogP contribution >= 0.6 is 11.6 Å². The van der Waals surface area contributed by atoms with E-state index in [0.717, 1.165) is 24.0 Å². The Balaban J connectivity index is 2.07. The predicted octanol–water partition coefficient (Wildman–Crippen LogP) is 3.79. The molecule has 0 aliphatic heterocycles. The van der Waals surface area contributed by atoms with E-state index in [2.05, 4.69) is 31.3 Å². The zero-order valence-corrected chi connectivity index (χ0v) is 10.8. The van der Waals surface area contributed by atoms with Crippen molar-refractivity contribution in [3.8, 4) is 0 Å². The normalized spacial score (nSPS) is 15.8. The smallest absolute Gasteiger partial charge is 0.0409 e. The average molecular weight is 238 g/mol. The van der Waals surface area contributed by atoms with Gasteiger partial charge in [0.2, 0.25) is 0 Å². The summed E-state index contributed by atoms with van der Waals surface area (Å²) in [4.78, 5) is 0. The van der Waals surface area contributed by atoms with Crippen LogP contribution in [0.1, 0.15) is 37.8 Å². The lowest BCUT2D eigenvalue weighted by Crippen LogP contribution is -2.16. The Morgan fingerprint density at radius 1 is 1.31 bits per heavy atom. The third-order valence-corrected chi connectivity index (χ3v) is 3.19. The van der Waals surface area contributed by atoms with E-state index in [1.807, 2.05) is 6.07 Å². The molecule has 1 aromatic rings. The van der Waals surface area contributed by atoms with Gasteiger partial charge in [0.1, 0.15) is 0 Å². The molecule has 0 spiro atoms. The van der Waals surface area contributed by atoms with Crippen LogP contribution in [0.2, 0.25) is 5.02 Å². The van der Waals surface area contributed by atoms with E-state index in [1.165, 1.54) is 24.0 Å². The first-order valence-electron chi connectivity index (χ1n) is 6.16. The van der Waals surface area contributed by atoms with Crippen LogP contribution in [0.4, 0.5) is 0 Å². The van der Waals surface area contributed by atoms with Gasteiger partial charge in [0.15, 0.2) is 0 Å². The van der Waals surface area contributed by atoms with E-state index in [0.29, 0.717) is 5.92 Å². The third kappa shape index (κ3) is 3.50. The maximum absolute atomic E-state index is 6.06. The van der Waals surface area contributed by atoms with Gasteiger partial charge in [-0.3, -0.25) is 0 Å². The van der Waals surface area contributed by atoms with Crippen LogP contribution in [-0.2, 0) is 13.0 Å². The van der Waals surface area contributed by atoms with Crippen LogP contribution in [0.15, 0.2) is 18.2 Å². The summed E-state index contributed by atoms with van der Waals surface area (Å²) in [6, 6.07) is 7.03. The molecule has 2 heteroatoms. The van der Waals surface area contributed by atoms with E-state index < -0.39 is 0 Å². The fraction of sp³-hybridized carbons (Fsp3) is 0.571. The van der Waals surface area contributed by atoms with Gasteiger partial charge in [-0.15, -0.1) is 0 Å². The number of hydrogen-bond donors (Lipinski definition) is 1. The minimum Gasteiger partial charge on any atom is -0.310 e. The number of rotatable bonds is 5. The predicted molar refractivity (Wildman–Crippen MR) is 69.9 cm³/mol. The zero-order chi connectivity index (χ0) is 11.5. The molecule has 1 aliphatic carbocycles. The van der Waals surface area contributed by atoms with E-state index in [-0.39, 0.29) is 0 Å². The molecule has 0 heterocycles. The summed E-state index contributed by atoms with van der Waals surface area (Å²) in [6.07, 6.45) is 3.80. The van der Waals surface area contributed by atoms with Crippen LogP contribution in [0.25, 0.3) is 0 Å². The quantitative estimate of drug-likeness (QED) is 0.822. The Morgan fingerprint density at radius 3 is 2.69 bits per heavy atom. The lowest BCUT2D eigenvalue weighted by molar-refractivity contribution is 0.630. The zero-order valence-electron chi connectivity index (χ0n) is 10.1. The molecular formula is C14H20ClN. The monoisotopic (exact) mass is 237 g/mol. The van der Waals surface area contributed by atoms with Gasteiger partial charge >= 0.3 is 0 Å². The van der Waals surface area contributed by atoms with Crippen molar-refractivity contribution >= 4 is 11.6 Å². The van der Waals surface area contributed by atoms with Gasteiger partial charge < -0.3 is 5.32 Å². The highest BCUT2D eigenvalue weighted by molar-refractivity contribution is 6.30. The van der Waals surface area contributed by atoms with Gasteiger partial charge in [-0.1, -0.05) is 31.5 Å². The Morgan fingerprint density at radius 2 is 2.06 bits per heavy atom. The van der Waals surface area contributed by atoms with Gasteiger partial charge in [-0.2, -0.15) is 0 Å². The highest BCUT2D eigenvalue weighted by Crippen LogP contribution is 2.22. The molecule has 0 bridgehead atoms. The SMILES string of the molecule is CC(C)Cc1ccc(Cl)cc1CNC1CC1. The Kier molecular flexibility index (Phi) is 3.88. The standard InChI is InChI=1S/C14H20ClN/c1-10(2)7-11-3-4-13(15)8-12(11)9-16-14-5-6-14/h3-4,8,10,14,16H,5-7,9H2,1-2H3. The van der Waals surface area contributed by atoms with Gasteiger partial charge in [0.05, 0.1) is 0 Å². The molecule has 1 aliphatic rings. The molecule has 0 atom stereocenters. The molecular weight excluding hydrogens is 218 g/mol. The Bertz CT molecular complexity index is 356. The van der Waals surface area contributed by atoms with Crippen molar-refractivity contribution in [2.45, 2.75) is 45.7 Å². The second-order valence-corrected chi connectivity index (χ2v) is 5.60. The highest BCUT2D eigenvalue weighted by atomic mass is 35.5. The Hall–Kier alpha value is -0.530. The molecule has 1 N–H and O–H groups in total. The minimum absolute atomic E-state index is 0.695. The number of hydrogen-bond acceptors (Lipinski definition) is 1. The molecule has 88 valence electrons. The number of nitrogens with one attached hydrogen (secondary N) is 1. The lowest BCUT2D eigenvalue weighted by atomic mass is 9.98. The fourth-order valence-corrected chi connectivity index (χ4v) is 2.13. The van der Waals surface area contributed by atoms with E-state index in [4.69, 9.17) is 11.6 Å². The topological polar surface area (TPSA) is 12.0 Å². The van der Waals surface area contributed by atoms with Crippen molar-refractivity contribution in [3.63, 3.8) is 0 Å². The molecule has 0 unspecified atom stereocenters.